The molecule has 1 aliphatic rings. The summed E-state index contributed by atoms with van der Waals surface area (Å²) in [5, 5.41) is 16.9. The lowest BCUT2D eigenvalue weighted by Gasteiger charge is -2.35. The second kappa shape index (κ2) is 15.9. The van der Waals surface area contributed by atoms with Crippen LogP contribution >= 0.6 is 0 Å². The quantitative estimate of drug-likeness (QED) is 0.349. The van der Waals surface area contributed by atoms with Crippen molar-refractivity contribution in [2.24, 2.45) is 5.92 Å². The van der Waals surface area contributed by atoms with Crippen LogP contribution in [0.2, 0.25) is 0 Å². The van der Waals surface area contributed by atoms with Crippen LogP contribution in [0.25, 0.3) is 0 Å². The smallest absolute Gasteiger partial charge is 0.258 e. The van der Waals surface area contributed by atoms with Crippen LogP contribution in [-0.4, -0.2) is 91.3 Å². The summed E-state index contributed by atoms with van der Waals surface area (Å²) >= 11 is 0. The predicted molar refractivity (Wildman–Crippen MR) is 177 cm³/mol. The molecule has 256 valence electrons. The van der Waals surface area contributed by atoms with Gasteiger partial charge < -0.3 is 29.3 Å². The lowest BCUT2D eigenvalue weighted by molar-refractivity contribution is -0.00835. The van der Waals surface area contributed by atoms with Crippen molar-refractivity contribution in [2.45, 2.75) is 77.0 Å². The van der Waals surface area contributed by atoms with E-state index >= 15 is 0 Å². The summed E-state index contributed by atoms with van der Waals surface area (Å²) in [6.45, 7) is 8.97. The highest BCUT2D eigenvalue weighted by Crippen LogP contribution is 2.29. The number of sulfonamides is 1. The Morgan fingerprint density at radius 1 is 1.15 bits per heavy atom. The molecule has 2 amide bonds. The van der Waals surface area contributed by atoms with E-state index < -0.39 is 28.1 Å². The number of carbonyl (C=O) groups excluding carboxylic acids is 2. The van der Waals surface area contributed by atoms with E-state index in [0.717, 1.165) is 12.8 Å². The van der Waals surface area contributed by atoms with Gasteiger partial charge in [0.1, 0.15) is 16.3 Å². The Morgan fingerprint density at radius 3 is 2.53 bits per heavy atom. The van der Waals surface area contributed by atoms with Crippen LogP contribution < -0.4 is 10.1 Å². The number of likely N-dealkylation sites (N-methyl/N-ethyl adjacent to an activating group) is 1. The molecule has 3 aromatic rings. The van der Waals surface area contributed by atoms with Crippen LogP contribution in [0.15, 0.2) is 57.9 Å². The van der Waals surface area contributed by atoms with E-state index in [4.69, 9.17) is 14.0 Å². The average Bonchev–Trinajstić information content (AvgIpc) is 3.40. The molecule has 13 heteroatoms. The molecule has 2 aromatic carbocycles. The summed E-state index contributed by atoms with van der Waals surface area (Å²) < 4.78 is 46.0. The van der Waals surface area contributed by atoms with E-state index in [2.05, 4.69) is 10.5 Å². The van der Waals surface area contributed by atoms with Gasteiger partial charge in [-0.25, -0.2) is 8.42 Å². The van der Waals surface area contributed by atoms with Crippen molar-refractivity contribution in [3.63, 3.8) is 0 Å². The van der Waals surface area contributed by atoms with Crippen LogP contribution in [-0.2, 0) is 14.8 Å². The van der Waals surface area contributed by atoms with Gasteiger partial charge in [-0.1, -0.05) is 30.3 Å². The highest BCUT2D eigenvalue weighted by atomic mass is 32.2. The Balaban J connectivity index is 1.66. The van der Waals surface area contributed by atoms with Crippen molar-refractivity contribution in [3.8, 4) is 5.75 Å². The zero-order valence-electron chi connectivity index (χ0n) is 27.9. The van der Waals surface area contributed by atoms with E-state index in [-0.39, 0.29) is 59.5 Å². The molecule has 1 aliphatic heterocycles. The minimum absolute atomic E-state index is 0.0227. The van der Waals surface area contributed by atoms with E-state index in [1.165, 1.54) is 11.4 Å². The fourth-order valence-corrected chi connectivity index (χ4v) is 7.07. The van der Waals surface area contributed by atoms with Crippen molar-refractivity contribution in [1.29, 1.82) is 0 Å². The topological polar surface area (TPSA) is 152 Å². The fourth-order valence-electron chi connectivity index (χ4n) is 5.61. The second-order valence-electron chi connectivity index (χ2n) is 12.3. The van der Waals surface area contributed by atoms with E-state index in [1.807, 2.05) is 19.9 Å². The third-order valence-corrected chi connectivity index (χ3v) is 10.5. The highest BCUT2D eigenvalue weighted by molar-refractivity contribution is 7.89. The van der Waals surface area contributed by atoms with Gasteiger partial charge in [0, 0.05) is 43.9 Å². The van der Waals surface area contributed by atoms with E-state index in [9.17, 15) is 23.1 Å². The van der Waals surface area contributed by atoms with Gasteiger partial charge in [0.2, 0.25) is 10.0 Å². The molecule has 4 atom stereocenters. The first-order chi connectivity index (χ1) is 22.3. The minimum Gasteiger partial charge on any atom is -0.490 e. The van der Waals surface area contributed by atoms with E-state index in [0.29, 0.717) is 30.0 Å². The Kier molecular flexibility index (Phi) is 12.2. The van der Waals surface area contributed by atoms with Gasteiger partial charge in [-0.15, -0.1) is 0 Å². The van der Waals surface area contributed by atoms with Gasteiger partial charge in [-0.3, -0.25) is 9.59 Å². The molecule has 0 bridgehead atoms. The van der Waals surface area contributed by atoms with Gasteiger partial charge in [0.05, 0.1) is 30.4 Å². The molecule has 4 rings (SSSR count). The Labute approximate surface area is 277 Å². The number of rotatable bonds is 8. The van der Waals surface area contributed by atoms with Crippen molar-refractivity contribution in [1.82, 2.24) is 14.4 Å². The normalized spacial score (nSPS) is 20.6. The lowest BCUT2D eigenvalue weighted by Crippen LogP contribution is -2.48. The number of aromatic nitrogens is 1. The van der Waals surface area contributed by atoms with Crippen LogP contribution in [0.1, 0.15) is 72.2 Å². The Morgan fingerprint density at radius 2 is 1.87 bits per heavy atom. The number of aryl methyl sites for hydroxylation is 2. The van der Waals surface area contributed by atoms with Gasteiger partial charge in [0.25, 0.3) is 11.8 Å². The van der Waals surface area contributed by atoms with E-state index in [1.54, 1.807) is 68.1 Å². The fraction of sp³-hybridized carbons (Fsp3) is 0.500. The average molecular weight is 671 g/mol. The molecule has 0 saturated heterocycles. The van der Waals surface area contributed by atoms with Crippen LogP contribution in [0.5, 0.6) is 5.75 Å². The Bertz CT molecular complexity index is 1610. The number of fused-ring (bicyclic) bond motifs is 1. The summed E-state index contributed by atoms with van der Waals surface area (Å²) in [6.07, 6.45) is 1.41. The number of aliphatic hydroxyl groups excluding tert-OH is 1. The SMILES string of the molecule is Cc1noc(C)c1S(=O)(=O)N(C)C[C@@H]1OCCCC[C@@H](C)Oc2ccc(NC(=O)c3ccccc3)cc2C(=O)N([C@@H](C)CO)C[C@@H]1C. The standard InChI is InChI=1S/C34H46N4O8S/c1-22-19-38(23(2)21-39)34(41)29-18-28(35-33(40)27-13-8-7-9-14-27)15-16-30(29)45-24(3)12-10-11-17-44-31(22)20-37(6)47(42,43)32-25(4)36-46-26(32)5/h7-9,13-16,18,22-24,31,39H,10-12,17,19-21H2,1-6H3,(H,35,40)/t22-,23-,24+,31-/m0/s1. The molecule has 0 fully saturated rings. The summed E-state index contributed by atoms with van der Waals surface area (Å²) in [5.74, 6) is -0.486. The molecule has 0 spiro atoms. The summed E-state index contributed by atoms with van der Waals surface area (Å²) in [5.41, 5.74) is 1.40. The number of benzene rings is 2. The number of carbonyl (C=O) groups is 2. The number of anilines is 1. The maximum absolute atomic E-state index is 14.3. The maximum atomic E-state index is 14.3. The van der Waals surface area contributed by atoms with Gasteiger partial charge in [0.15, 0.2) is 5.76 Å². The van der Waals surface area contributed by atoms with Crippen LogP contribution in [0.4, 0.5) is 5.69 Å². The molecule has 2 heterocycles. The van der Waals surface area contributed by atoms with Crippen molar-refractivity contribution >= 4 is 27.5 Å². The molecule has 2 N–H and O–H groups in total. The molecule has 0 radical (unpaired) electrons. The monoisotopic (exact) mass is 670 g/mol. The molecule has 0 unspecified atom stereocenters. The van der Waals surface area contributed by atoms with Crippen LogP contribution in [0.3, 0.4) is 0 Å². The Hall–Kier alpha value is -3.78. The molecule has 1 aromatic heterocycles. The first kappa shape index (κ1) is 36.1. The maximum Gasteiger partial charge on any atom is 0.258 e. The largest absolute Gasteiger partial charge is 0.490 e. The van der Waals surface area contributed by atoms with Crippen LogP contribution in [0, 0.1) is 19.8 Å². The zero-order chi connectivity index (χ0) is 34.3. The molecule has 0 aliphatic carbocycles. The number of ether oxygens (including phenoxy) is 2. The number of nitrogens with one attached hydrogen (secondary N) is 1. The zero-order valence-corrected chi connectivity index (χ0v) is 28.7. The third kappa shape index (κ3) is 8.78. The number of aliphatic hydroxyl groups is 1. The lowest BCUT2D eigenvalue weighted by atomic mass is 10.0. The number of hydrogen-bond acceptors (Lipinski definition) is 9. The number of nitrogens with zero attached hydrogens (tertiary/aromatic N) is 3. The van der Waals surface area contributed by atoms with Gasteiger partial charge >= 0.3 is 0 Å². The second-order valence-corrected chi connectivity index (χ2v) is 14.3. The summed E-state index contributed by atoms with van der Waals surface area (Å²) in [6, 6.07) is 13.2. The van der Waals surface area contributed by atoms with Crippen molar-refractivity contribution < 1.29 is 37.1 Å². The molecule has 12 nitrogen and oxygen atoms in total. The molecular formula is C34H46N4O8S. The molecular weight excluding hydrogens is 624 g/mol. The van der Waals surface area contributed by atoms with Crippen molar-refractivity contribution in [3.05, 3.63) is 71.1 Å². The molecule has 0 saturated carbocycles. The van der Waals surface area contributed by atoms with Crippen molar-refractivity contribution in [2.75, 3.05) is 38.7 Å². The summed E-state index contributed by atoms with van der Waals surface area (Å²) in [7, 11) is -2.45. The highest BCUT2D eigenvalue weighted by Gasteiger charge is 2.34. The minimum atomic E-state index is -3.94. The van der Waals surface area contributed by atoms with Gasteiger partial charge in [-0.2, -0.15) is 4.31 Å². The number of hydrogen-bond donors (Lipinski definition) is 2. The first-order valence-electron chi connectivity index (χ1n) is 15.9. The molecule has 47 heavy (non-hydrogen) atoms. The first-order valence-corrected chi connectivity index (χ1v) is 17.4. The third-order valence-electron chi connectivity index (χ3n) is 8.42. The van der Waals surface area contributed by atoms with Gasteiger partial charge in [-0.05, 0) is 77.3 Å². The summed E-state index contributed by atoms with van der Waals surface area (Å²) in [4.78, 5) is 28.8. The number of amides is 2. The predicted octanol–water partition coefficient (Wildman–Crippen LogP) is 4.66.